The van der Waals surface area contributed by atoms with Gasteiger partial charge in [0.15, 0.2) is 5.82 Å². The van der Waals surface area contributed by atoms with E-state index in [4.69, 9.17) is 13.7 Å². The first-order valence-electron chi connectivity index (χ1n) is 9.91. The van der Waals surface area contributed by atoms with Gasteiger partial charge in [0.25, 0.3) is 0 Å². The molecule has 10 heteroatoms. The first-order valence-corrected chi connectivity index (χ1v) is 11.3. The number of hydrogen-bond acceptors (Lipinski definition) is 8. The predicted octanol–water partition coefficient (Wildman–Crippen LogP) is 3.39. The standard InChI is InChI=1S/C20H23N3O6S/c1-4-17-21-19(22-29-17)15-7-6-10-23(15)30(25,26)13-8-9-16-14(11-13)12(3)18(28-16)20(24)27-5-2/h8-9,11,15H,4-7,10H2,1-3H3. The van der Waals surface area contributed by atoms with Crippen molar-refractivity contribution in [3.05, 3.63) is 41.2 Å². The van der Waals surface area contributed by atoms with Crippen molar-refractivity contribution in [2.45, 2.75) is 51.0 Å². The van der Waals surface area contributed by atoms with Crippen LogP contribution in [0.5, 0.6) is 0 Å². The van der Waals surface area contributed by atoms with Gasteiger partial charge in [0.05, 0.1) is 17.5 Å². The molecule has 1 aromatic carbocycles. The van der Waals surface area contributed by atoms with Crippen LogP contribution in [0.3, 0.4) is 0 Å². The summed E-state index contributed by atoms with van der Waals surface area (Å²) in [5.41, 5.74) is 0.974. The van der Waals surface area contributed by atoms with Crippen LogP contribution in [0.4, 0.5) is 0 Å². The van der Waals surface area contributed by atoms with Crippen molar-refractivity contribution in [1.82, 2.24) is 14.4 Å². The number of esters is 1. The van der Waals surface area contributed by atoms with Crippen LogP contribution < -0.4 is 0 Å². The average molecular weight is 433 g/mol. The van der Waals surface area contributed by atoms with E-state index in [0.717, 1.165) is 0 Å². The second-order valence-corrected chi connectivity index (χ2v) is 9.00. The monoisotopic (exact) mass is 433 g/mol. The Morgan fingerprint density at radius 3 is 2.83 bits per heavy atom. The Kier molecular flexibility index (Phi) is 5.37. The number of nitrogens with zero attached hydrogens (tertiary/aromatic N) is 3. The number of furan rings is 1. The summed E-state index contributed by atoms with van der Waals surface area (Å²) in [6, 6.07) is 4.12. The van der Waals surface area contributed by atoms with Crippen molar-refractivity contribution >= 4 is 27.0 Å². The maximum Gasteiger partial charge on any atom is 0.374 e. The van der Waals surface area contributed by atoms with Gasteiger partial charge >= 0.3 is 5.97 Å². The third kappa shape index (κ3) is 3.39. The second-order valence-electron chi connectivity index (χ2n) is 7.11. The van der Waals surface area contributed by atoms with E-state index in [1.807, 2.05) is 6.92 Å². The van der Waals surface area contributed by atoms with Gasteiger partial charge in [-0.25, -0.2) is 13.2 Å². The molecule has 160 valence electrons. The van der Waals surface area contributed by atoms with Gasteiger partial charge in [-0.3, -0.25) is 0 Å². The summed E-state index contributed by atoms with van der Waals surface area (Å²) >= 11 is 0. The highest BCUT2D eigenvalue weighted by atomic mass is 32.2. The van der Waals surface area contributed by atoms with E-state index in [1.165, 1.54) is 16.4 Å². The van der Waals surface area contributed by atoms with E-state index in [-0.39, 0.29) is 17.3 Å². The van der Waals surface area contributed by atoms with Crippen LogP contribution in [0.25, 0.3) is 11.0 Å². The molecule has 1 aliphatic heterocycles. The van der Waals surface area contributed by atoms with Gasteiger partial charge in [0, 0.05) is 23.9 Å². The predicted molar refractivity (Wildman–Crippen MR) is 106 cm³/mol. The normalized spacial score (nSPS) is 17.6. The highest BCUT2D eigenvalue weighted by Gasteiger charge is 2.39. The number of carbonyl (C=O) groups excluding carboxylic acids is 1. The molecule has 0 saturated carbocycles. The van der Waals surface area contributed by atoms with Gasteiger partial charge in [-0.15, -0.1) is 0 Å². The third-order valence-electron chi connectivity index (χ3n) is 5.26. The first kappa shape index (κ1) is 20.5. The fourth-order valence-electron chi connectivity index (χ4n) is 3.72. The zero-order valence-electron chi connectivity index (χ0n) is 17.0. The lowest BCUT2D eigenvalue weighted by atomic mass is 10.1. The third-order valence-corrected chi connectivity index (χ3v) is 7.17. The van der Waals surface area contributed by atoms with E-state index >= 15 is 0 Å². The maximum atomic E-state index is 13.4. The Labute approximate surface area is 174 Å². The summed E-state index contributed by atoms with van der Waals surface area (Å²) in [6.45, 7) is 5.91. The molecule has 0 spiro atoms. The number of aryl methyl sites for hydroxylation is 2. The number of ether oxygens (including phenoxy) is 1. The molecule has 1 fully saturated rings. The zero-order valence-corrected chi connectivity index (χ0v) is 17.9. The van der Waals surface area contributed by atoms with Crippen molar-refractivity contribution < 1.29 is 26.9 Å². The van der Waals surface area contributed by atoms with E-state index < -0.39 is 22.0 Å². The molecule has 0 amide bonds. The van der Waals surface area contributed by atoms with E-state index in [9.17, 15) is 13.2 Å². The summed E-state index contributed by atoms with van der Waals surface area (Å²) in [7, 11) is -3.81. The molecule has 30 heavy (non-hydrogen) atoms. The summed E-state index contributed by atoms with van der Waals surface area (Å²) in [5, 5.41) is 4.53. The minimum Gasteiger partial charge on any atom is -0.460 e. The molecule has 9 nitrogen and oxygen atoms in total. The Balaban J connectivity index is 1.71. The molecule has 1 atom stereocenters. The molecular formula is C20H23N3O6S. The van der Waals surface area contributed by atoms with Crippen LogP contribution in [-0.2, 0) is 21.2 Å². The number of sulfonamides is 1. The van der Waals surface area contributed by atoms with Gasteiger partial charge in [-0.1, -0.05) is 12.1 Å². The van der Waals surface area contributed by atoms with Crippen molar-refractivity contribution in [2.24, 2.45) is 0 Å². The Morgan fingerprint density at radius 2 is 2.13 bits per heavy atom. The van der Waals surface area contributed by atoms with E-state index in [0.29, 0.717) is 54.1 Å². The molecule has 1 saturated heterocycles. The lowest BCUT2D eigenvalue weighted by molar-refractivity contribution is 0.0491. The molecule has 0 aliphatic carbocycles. The topological polar surface area (TPSA) is 116 Å². The number of aromatic nitrogens is 2. The van der Waals surface area contributed by atoms with Gasteiger partial charge in [-0.05, 0) is 44.9 Å². The number of fused-ring (bicyclic) bond motifs is 1. The SMILES string of the molecule is CCOC(=O)c1oc2ccc(S(=O)(=O)N3CCCC3c3noc(CC)n3)cc2c1C. The second kappa shape index (κ2) is 7.84. The number of hydrogen-bond donors (Lipinski definition) is 0. The molecule has 1 unspecified atom stereocenters. The lowest BCUT2D eigenvalue weighted by Crippen LogP contribution is -2.31. The highest BCUT2D eigenvalue weighted by molar-refractivity contribution is 7.89. The minimum atomic E-state index is -3.81. The minimum absolute atomic E-state index is 0.0827. The summed E-state index contributed by atoms with van der Waals surface area (Å²) < 4.78 is 44.0. The Bertz CT molecular complexity index is 1200. The molecular weight excluding hydrogens is 410 g/mol. The Hall–Kier alpha value is -2.72. The van der Waals surface area contributed by atoms with Gasteiger partial charge in [0.1, 0.15) is 5.58 Å². The van der Waals surface area contributed by atoms with Crippen molar-refractivity contribution in [1.29, 1.82) is 0 Å². The summed E-state index contributed by atoms with van der Waals surface area (Å²) in [6.07, 6.45) is 1.92. The fourth-order valence-corrected chi connectivity index (χ4v) is 5.40. The highest BCUT2D eigenvalue weighted by Crippen LogP contribution is 2.37. The fraction of sp³-hybridized carbons (Fsp3) is 0.450. The number of rotatable bonds is 6. The number of benzene rings is 1. The number of carbonyl (C=O) groups is 1. The Morgan fingerprint density at radius 1 is 1.33 bits per heavy atom. The van der Waals surface area contributed by atoms with Crippen molar-refractivity contribution in [3.8, 4) is 0 Å². The van der Waals surface area contributed by atoms with Crippen molar-refractivity contribution in [3.63, 3.8) is 0 Å². The van der Waals surface area contributed by atoms with Crippen LogP contribution >= 0.6 is 0 Å². The van der Waals surface area contributed by atoms with E-state index in [2.05, 4.69) is 10.1 Å². The quantitative estimate of drug-likeness (QED) is 0.543. The molecule has 3 heterocycles. The van der Waals surface area contributed by atoms with Crippen molar-refractivity contribution in [2.75, 3.05) is 13.2 Å². The lowest BCUT2D eigenvalue weighted by Gasteiger charge is -2.21. The first-order chi connectivity index (χ1) is 14.4. The van der Waals surface area contributed by atoms with Crippen LogP contribution in [0.15, 0.2) is 32.0 Å². The zero-order chi connectivity index (χ0) is 21.5. The molecule has 0 radical (unpaired) electrons. The summed E-state index contributed by atoms with van der Waals surface area (Å²) in [4.78, 5) is 16.5. The van der Waals surface area contributed by atoms with Gasteiger partial charge in [0.2, 0.25) is 21.7 Å². The smallest absolute Gasteiger partial charge is 0.374 e. The average Bonchev–Trinajstić information content (AvgIpc) is 3.46. The molecule has 0 N–H and O–H groups in total. The van der Waals surface area contributed by atoms with Gasteiger partial charge in [-0.2, -0.15) is 9.29 Å². The molecule has 3 aromatic rings. The van der Waals surface area contributed by atoms with Crippen LogP contribution in [-0.4, -0.2) is 42.0 Å². The van der Waals surface area contributed by atoms with Crippen LogP contribution in [0.1, 0.15) is 60.6 Å². The molecule has 0 bridgehead atoms. The van der Waals surface area contributed by atoms with E-state index in [1.54, 1.807) is 19.9 Å². The van der Waals surface area contributed by atoms with Crippen LogP contribution in [0.2, 0.25) is 0 Å². The molecule has 1 aliphatic rings. The van der Waals surface area contributed by atoms with Gasteiger partial charge < -0.3 is 13.7 Å². The maximum absolute atomic E-state index is 13.4. The van der Waals surface area contributed by atoms with Crippen LogP contribution in [0, 0.1) is 6.92 Å². The molecule has 2 aromatic heterocycles. The largest absolute Gasteiger partial charge is 0.460 e. The molecule has 4 rings (SSSR count). The summed E-state index contributed by atoms with van der Waals surface area (Å²) in [5.74, 6) is 0.382.